The number of aromatic nitrogens is 3. The van der Waals surface area contributed by atoms with Gasteiger partial charge in [-0.25, -0.2) is 15.0 Å². The summed E-state index contributed by atoms with van der Waals surface area (Å²) in [6.45, 7) is 0. The molecule has 0 saturated carbocycles. The van der Waals surface area contributed by atoms with Crippen molar-refractivity contribution in [2.75, 3.05) is 0 Å². The van der Waals surface area contributed by atoms with Gasteiger partial charge < -0.3 is 0 Å². The van der Waals surface area contributed by atoms with E-state index in [-0.39, 0.29) is 0 Å². The molecule has 0 bridgehead atoms. The van der Waals surface area contributed by atoms with Gasteiger partial charge in [0.1, 0.15) is 0 Å². The van der Waals surface area contributed by atoms with Crippen molar-refractivity contribution in [2.45, 2.75) is 0 Å². The Labute approximate surface area is 278 Å². The number of benzene rings is 8. The first kappa shape index (κ1) is 27.8. The van der Waals surface area contributed by atoms with Gasteiger partial charge in [-0.1, -0.05) is 152 Å². The minimum atomic E-state index is 0.646. The predicted octanol–water partition coefficient (Wildman–Crippen LogP) is 11.7. The largest absolute Gasteiger partial charge is 0.208 e. The minimum Gasteiger partial charge on any atom is -0.208 e. The van der Waals surface area contributed by atoms with E-state index in [0.717, 1.165) is 38.4 Å². The van der Waals surface area contributed by atoms with E-state index in [9.17, 15) is 0 Å². The molecular weight excluding hydrogens is 583 g/mol. The lowest BCUT2D eigenvalue weighted by atomic mass is 9.97. The Balaban J connectivity index is 1.20. The number of rotatable bonds is 5. The molecular formula is C45H29N3. The summed E-state index contributed by atoms with van der Waals surface area (Å²) in [7, 11) is 0. The first-order valence-corrected chi connectivity index (χ1v) is 16.2. The SMILES string of the molecule is c1ccc(-c2ccc3cccc(-c4nc(-c5ccccc5)nc(-c5ccc6ccc(-c7ccc8ccccc8c7)cc6c5)n4)c3c2)cc1. The average molecular weight is 612 g/mol. The second-order valence-corrected chi connectivity index (χ2v) is 12.1. The van der Waals surface area contributed by atoms with E-state index in [4.69, 9.17) is 15.0 Å². The molecule has 48 heavy (non-hydrogen) atoms. The van der Waals surface area contributed by atoms with E-state index in [1.807, 2.05) is 24.3 Å². The molecule has 0 N–H and O–H groups in total. The van der Waals surface area contributed by atoms with Crippen LogP contribution in [0.15, 0.2) is 176 Å². The van der Waals surface area contributed by atoms with Gasteiger partial charge in [0.25, 0.3) is 0 Å². The van der Waals surface area contributed by atoms with Crippen LogP contribution in [0.5, 0.6) is 0 Å². The molecule has 3 nitrogen and oxygen atoms in total. The summed E-state index contributed by atoms with van der Waals surface area (Å²) in [5.74, 6) is 1.95. The highest BCUT2D eigenvalue weighted by atomic mass is 15.0. The van der Waals surface area contributed by atoms with Gasteiger partial charge in [-0.15, -0.1) is 0 Å². The van der Waals surface area contributed by atoms with Crippen LogP contribution >= 0.6 is 0 Å². The Hall–Kier alpha value is -6.45. The molecule has 8 aromatic carbocycles. The molecule has 9 rings (SSSR count). The summed E-state index contributed by atoms with van der Waals surface area (Å²) in [5, 5.41) is 7.03. The van der Waals surface area contributed by atoms with E-state index in [1.165, 1.54) is 32.8 Å². The molecule has 1 aromatic heterocycles. The maximum Gasteiger partial charge on any atom is 0.164 e. The van der Waals surface area contributed by atoms with Crippen molar-refractivity contribution in [3.63, 3.8) is 0 Å². The molecule has 0 atom stereocenters. The smallest absolute Gasteiger partial charge is 0.164 e. The first-order chi connectivity index (χ1) is 23.7. The summed E-state index contributed by atoms with van der Waals surface area (Å²) in [4.78, 5) is 15.3. The van der Waals surface area contributed by atoms with Gasteiger partial charge in [0, 0.05) is 16.7 Å². The maximum absolute atomic E-state index is 5.15. The van der Waals surface area contributed by atoms with Crippen LogP contribution in [0.4, 0.5) is 0 Å². The third-order valence-corrected chi connectivity index (χ3v) is 9.08. The molecule has 0 aliphatic carbocycles. The molecule has 0 aliphatic rings. The Bertz CT molecular complexity index is 2610. The second-order valence-electron chi connectivity index (χ2n) is 12.1. The summed E-state index contributed by atoms with van der Waals surface area (Å²) < 4.78 is 0. The zero-order valence-electron chi connectivity index (χ0n) is 26.1. The Kier molecular flexibility index (Phi) is 6.80. The van der Waals surface area contributed by atoms with Crippen molar-refractivity contribution < 1.29 is 0 Å². The number of nitrogens with zero attached hydrogens (tertiary/aromatic N) is 3. The van der Waals surface area contributed by atoms with Crippen LogP contribution in [0, 0.1) is 0 Å². The summed E-state index contributed by atoms with van der Waals surface area (Å²) in [5.41, 5.74) is 7.58. The van der Waals surface area contributed by atoms with Gasteiger partial charge in [0.15, 0.2) is 17.5 Å². The van der Waals surface area contributed by atoms with Crippen LogP contribution in [-0.4, -0.2) is 15.0 Å². The van der Waals surface area contributed by atoms with Gasteiger partial charge in [0.05, 0.1) is 0 Å². The van der Waals surface area contributed by atoms with E-state index >= 15 is 0 Å². The van der Waals surface area contributed by atoms with Gasteiger partial charge >= 0.3 is 0 Å². The molecule has 9 aromatic rings. The van der Waals surface area contributed by atoms with Crippen LogP contribution in [0.2, 0.25) is 0 Å². The Morgan fingerprint density at radius 3 is 1.46 bits per heavy atom. The van der Waals surface area contributed by atoms with E-state index in [2.05, 4.69) is 152 Å². The molecule has 0 aliphatic heterocycles. The Morgan fingerprint density at radius 2 is 0.729 bits per heavy atom. The van der Waals surface area contributed by atoms with E-state index < -0.39 is 0 Å². The molecule has 0 fully saturated rings. The van der Waals surface area contributed by atoms with Crippen molar-refractivity contribution >= 4 is 32.3 Å². The van der Waals surface area contributed by atoms with E-state index in [1.54, 1.807) is 0 Å². The van der Waals surface area contributed by atoms with Crippen LogP contribution < -0.4 is 0 Å². The highest BCUT2D eigenvalue weighted by molar-refractivity contribution is 5.98. The normalized spacial score (nSPS) is 11.3. The summed E-state index contributed by atoms with van der Waals surface area (Å²) in [6, 6.07) is 61.8. The number of hydrogen-bond acceptors (Lipinski definition) is 3. The monoisotopic (exact) mass is 611 g/mol. The molecule has 0 amide bonds. The summed E-state index contributed by atoms with van der Waals surface area (Å²) in [6.07, 6.45) is 0. The highest BCUT2D eigenvalue weighted by Crippen LogP contribution is 2.34. The van der Waals surface area contributed by atoms with Crippen molar-refractivity contribution in [3.05, 3.63) is 176 Å². The molecule has 1 heterocycles. The van der Waals surface area contributed by atoms with Crippen molar-refractivity contribution in [1.82, 2.24) is 15.0 Å². The fourth-order valence-electron chi connectivity index (χ4n) is 6.55. The van der Waals surface area contributed by atoms with Gasteiger partial charge in [0.2, 0.25) is 0 Å². The third kappa shape index (κ3) is 5.18. The van der Waals surface area contributed by atoms with Crippen LogP contribution in [0.3, 0.4) is 0 Å². The lowest BCUT2D eigenvalue weighted by molar-refractivity contribution is 1.08. The van der Waals surface area contributed by atoms with Gasteiger partial charge in [-0.3, -0.25) is 0 Å². The maximum atomic E-state index is 5.15. The average Bonchev–Trinajstić information content (AvgIpc) is 3.17. The number of fused-ring (bicyclic) bond motifs is 3. The zero-order valence-corrected chi connectivity index (χ0v) is 26.1. The lowest BCUT2D eigenvalue weighted by Crippen LogP contribution is -2.00. The zero-order chi connectivity index (χ0) is 31.9. The van der Waals surface area contributed by atoms with Crippen LogP contribution in [0.25, 0.3) is 88.7 Å². The predicted molar refractivity (Wildman–Crippen MR) is 200 cm³/mol. The second kappa shape index (κ2) is 11.7. The van der Waals surface area contributed by atoms with Crippen LogP contribution in [-0.2, 0) is 0 Å². The minimum absolute atomic E-state index is 0.646. The van der Waals surface area contributed by atoms with Crippen LogP contribution in [0.1, 0.15) is 0 Å². The quantitative estimate of drug-likeness (QED) is 0.194. The topological polar surface area (TPSA) is 38.7 Å². The fourth-order valence-corrected chi connectivity index (χ4v) is 6.55. The fraction of sp³-hybridized carbons (Fsp3) is 0. The van der Waals surface area contributed by atoms with Gasteiger partial charge in [-0.05, 0) is 78.8 Å². The van der Waals surface area contributed by atoms with Crippen molar-refractivity contribution in [1.29, 1.82) is 0 Å². The molecule has 0 radical (unpaired) electrons. The third-order valence-electron chi connectivity index (χ3n) is 9.08. The number of hydrogen-bond donors (Lipinski definition) is 0. The Morgan fingerprint density at radius 1 is 0.250 bits per heavy atom. The van der Waals surface area contributed by atoms with Crippen molar-refractivity contribution in [2.24, 2.45) is 0 Å². The summed E-state index contributed by atoms with van der Waals surface area (Å²) >= 11 is 0. The highest BCUT2D eigenvalue weighted by Gasteiger charge is 2.15. The van der Waals surface area contributed by atoms with Crippen molar-refractivity contribution in [3.8, 4) is 56.4 Å². The molecule has 0 spiro atoms. The molecule has 3 heteroatoms. The van der Waals surface area contributed by atoms with E-state index in [0.29, 0.717) is 17.5 Å². The first-order valence-electron chi connectivity index (χ1n) is 16.2. The lowest BCUT2D eigenvalue weighted by Gasteiger charge is -2.12. The molecule has 224 valence electrons. The van der Waals surface area contributed by atoms with Gasteiger partial charge in [-0.2, -0.15) is 0 Å². The molecule has 0 saturated heterocycles. The standard InChI is InChI=1S/C45H29N3/c1-3-10-30(11-4-1)38-24-21-33-16-9-17-41(42(33)29-38)45-47-43(34-13-5-2-6-14-34)46-44(48-45)39-25-20-32-19-23-37(27-40(32)28-39)36-22-18-31-12-7-8-15-35(31)26-36/h1-29H. The molecule has 0 unspecified atom stereocenters.